The van der Waals surface area contributed by atoms with Gasteiger partial charge in [0.05, 0.1) is 5.69 Å². The molecule has 1 saturated heterocycles. The highest BCUT2D eigenvalue weighted by atomic mass is 15.3. The summed E-state index contributed by atoms with van der Waals surface area (Å²) in [7, 11) is 2.13. The van der Waals surface area contributed by atoms with Gasteiger partial charge in [0.1, 0.15) is 0 Å². The fourth-order valence-electron chi connectivity index (χ4n) is 3.10. The van der Waals surface area contributed by atoms with E-state index in [1.54, 1.807) is 0 Å². The molecule has 0 atom stereocenters. The second-order valence-electron chi connectivity index (χ2n) is 5.61. The summed E-state index contributed by atoms with van der Waals surface area (Å²) in [4.78, 5) is 5.04. The number of fused-ring (bicyclic) bond motifs is 1. The first kappa shape index (κ1) is 13.5. The summed E-state index contributed by atoms with van der Waals surface area (Å²) in [6.07, 6.45) is 3.37. The summed E-state index contributed by atoms with van der Waals surface area (Å²) in [5, 5.41) is 1.37. The van der Waals surface area contributed by atoms with Gasteiger partial charge in [-0.1, -0.05) is 18.2 Å². The van der Waals surface area contributed by atoms with Gasteiger partial charge >= 0.3 is 0 Å². The average molecular weight is 272 g/mol. The van der Waals surface area contributed by atoms with E-state index in [2.05, 4.69) is 51.9 Å². The molecule has 0 bridgehead atoms. The van der Waals surface area contributed by atoms with Gasteiger partial charge in [-0.3, -0.25) is 4.90 Å². The first-order chi connectivity index (χ1) is 9.79. The van der Waals surface area contributed by atoms with Crippen LogP contribution in [0.25, 0.3) is 10.9 Å². The van der Waals surface area contributed by atoms with Gasteiger partial charge in [-0.2, -0.15) is 0 Å². The van der Waals surface area contributed by atoms with Crippen molar-refractivity contribution in [3.05, 3.63) is 30.5 Å². The van der Waals surface area contributed by atoms with Crippen molar-refractivity contribution < 1.29 is 0 Å². The van der Waals surface area contributed by atoms with Crippen molar-refractivity contribution in [2.75, 3.05) is 44.2 Å². The van der Waals surface area contributed by atoms with Crippen LogP contribution in [0.2, 0.25) is 0 Å². The lowest BCUT2D eigenvalue weighted by Crippen LogP contribution is -2.46. The number of benzene rings is 1. The molecule has 1 aromatic carbocycles. The largest absolute Gasteiger partial charge is 0.367 e. The topological polar surface area (TPSA) is 37.4 Å². The maximum Gasteiger partial charge on any atom is 0.0626 e. The molecule has 3 rings (SSSR count). The number of nitrogens with two attached hydrogens (primary N) is 1. The number of aryl methyl sites for hydroxylation is 1. The third kappa shape index (κ3) is 2.53. The number of rotatable bonds is 4. The molecule has 0 amide bonds. The van der Waals surface area contributed by atoms with Crippen LogP contribution >= 0.6 is 0 Å². The third-order valence-corrected chi connectivity index (χ3v) is 4.27. The monoisotopic (exact) mass is 272 g/mol. The molecule has 2 heterocycles. The van der Waals surface area contributed by atoms with E-state index in [9.17, 15) is 0 Å². The molecule has 0 radical (unpaired) electrons. The number of hydrogen-bond donors (Lipinski definition) is 1. The molecule has 2 aromatic rings. The Hall–Kier alpha value is -1.52. The fraction of sp³-hybridized carbons (Fsp3) is 0.500. The normalized spacial score (nSPS) is 17.0. The Bertz CT molecular complexity index is 567. The van der Waals surface area contributed by atoms with Crippen molar-refractivity contribution in [2.24, 2.45) is 12.8 Å². The summed E-state index contributed by atoms with van der Waals surface area (Å²) < 4.78 is 2.23. The molecule has 0 saturated carbocycles. The first-order valence-corrected chi connectivity index (χ1v) is 7.51. The van der Waals surface area contributed by atoms with Crippen LogP contribution < -0.4 is 10.6 Å². The lowest BCUT2D eigenvalue weighted by Gasteiger charge is -2.35. The van der Waals surface area contributed by atoms with Gasteiger partial charge in [0, 0.05) is 50.3 Å². The van der Waals surface area contributed by atoms with Gasteiger partial charge in [-0.25, -0.2) is 0 Å². The fourth-order valence-corrected chi connectivity index (χ4v) is 3.10. The molecule has 0 aliphatic carbocycles. The van der Waals surface area contributed by atoms with Crippen LogP contribution in [0.1, 0.15) is 6.42 Å². The minimum atomic E-state index is 0.795. The molecule has 1 fully saturated rings. The highest BCUT2D eigenvalue weighted by Crippen LogP contribution is 2.29. The van der Waals surface area contributed by atoms with Gasteiger partial charge in [-0.05, 0) is 25.6 Å². The van der Waals surface area contributed by atoms with Crippen LogP contribution in [0.15, 0.2) is 30.5 Å². The molecular formula is C16H24N4. The number of piperazine rings is 1. The molecular weight excluding hydrogens is 248 g/mol. The van der Waals surface area contributed by atoms with Crippen molar-refractivity contribution in [2.45, 2.75) is 6.42 Å². The Morgan fingerprint density at radius 1 is 1.10 bits per heavy atom. The molecule has 1 aliphatic rings. The van der Waals surface area contributed by atoms with Crippen molar-refractivity contribution in [3.8, 4) is 0 Å². The Balaban J connectivity index is 1.74. The Morgan fingerprint density at radius 2 is 1.85 bits per heavy atom. The molecule has 4 nitrogen and oxygen atoms in total. The summed E-state index contributed by atoms with van der Waals surface area (Å²) >= 11 is 0. The second kappa shape index (κ2) is 5.85. The third-order valence-electron chi connectivity index (χ3n) is 4.27. The van der Waals surface area contributed by atoms with Gasteiger partial charge < -0.3 is 15.2 Å². The lowest BCUT2D eigenvalue weighted by molar-refractivity contribution is 0.256. The second-order valence-corrected chi connectivity index (χ2v) is 5.61. The van der Waals surface area contributed by atoms with E-state index in [0.29, 0.717) is 0 Å². The summed E-state index contributed by atoms with van der Waals surface area (Å²) in [5.74, 6) is 0. The number of nitrogens with zero attached hydrogens (tertiary/aromatic N) is 3. The minimum absolute atomic E-state index is 0.795. The summed E-state index contributed by atoms with van der Waals surface area (Å²) in [5.41, 5.74) is 8.28. The van der Waals surface area contributed by atoms with Crippen molar-refractivity contribution in [1.29, 1.82) is 0 Å². The molecule has 0 unspecified atom stereocenters. The van der Waals surface area contributed by atoms with Crippen molar-refractivity contribution >= 4 is 16.6 Å². The van der Waals surface area contributed by atoms with Crippen LogP contribution in [0, 0.1) is 0 Å². The van der Waals surface area contributed by atoms with Gasteiger partial charge in [0.2, 0.25) is 0 Å². The average Bonchev–Trinajstić information content (AvgIpc) is 2.83. The maximum absolute atomic E-state index is 5.59. The van der Waals surface area contributed by atoms with E-state index in [4.69, 9.17) is 5.73 Å². The van der Waals surface area contributed by atoms with E-state index in [1.165, 1.54) is 16.6 Å². The SMILES string of the molecule is Cn1cc(N2CCN(CCCN)CC2)c2ccccc21. The quantitative estimate of drug-likeness (QED) is 0.919. The highest BCUT2D eigenvalue weighted by molar-refractivity contribution is 5.93. The van der Waals surface area contributed by atoms with Gasteiger partial charge in [-0.15, -0.1) is 0 Å². The van der Waals surface area contributed by atoms with E-state index in [-0.39, 0.29) is 0 Å². The zero-order chi connectivity index (χ0) is 13.9. The maximum atomic E-state index is 5.59. The van der Waals surface area contributed by atoms with Crippen LogP contribution in [0.3, 0.4) is 0 Å². The zero-order valence-electron chi connectivity index (χ0n) is 12.3. The predicted octanol–water partition coefficient (Wildman–Crippen LogP) is 1.65. The van der Waals surface area contributed by atoms with Crippen molar-refractivity contribution in [1.82, 2.24) is 9.47 Å². The van der Waals surface area contributed by atoms with Crippen LogP contribution in [0.4, 0.5) is 5.69 Å². The standard InChI is InChI=1S/C16H24N4/c1-18-13-16(14-5-2-3-6-15(14)18)20-11-9-19(10-12-20)8-4-7-17/h2-3,5-6,13H,4,7-12,17H2,1H3. The summed E-state index contributed by atoms with van der Waals surface area (Å²) in [6.45, 7) is 6.44. The predicted molar refractivity (Wildman–Crippen MR) is 85.2 cm³/mol. The Kier molecular flexibility index (Phi) is 3.94. The Labute approximate surface area is 120 Å². The molecule has 1 aliphatic heterocycles. The van der Waals surface area contributed by atoms with E-state index in [0.717, 1.165) is 45.7 Å². The van der Waals surface area contributed by atoms with E-state index in [1.807, 2.05) is 0 Å². The number of anilines is 1. The van der Waals surface area contributed by atoms with Crippen molar-refractivity contribution in [3.63, 3.8) is 0 Å². The summed E-state index contributed by atoms with van der Waals surface area (Å²) in [6, 6.07) is 8.65. The Morgan fingerprint density at radius 3 is 2.60 bits per heavy atom. The zero-order valence-corrected chi connectivity index (χ0v) is 12.3. The minimum Gasteiger partial charge on any atom is -0.367 e. The molecule has 20 heavy (non-hydrogen) atoms. The molecule has 1 aromatic heterocycles. The van der Waals surface area contributed by atoms with E-state index >= 15 is 0 Å². The van der Waals surface area contributed by atoms with Crippen LogP contribution in [-0.2, 0) is 7.05 Å². The van der Waals surface area contributed by atoms with E-state index < -0.39 is 0 Å². The lowest BCUT2D eigenvalue weighted by atomic mass is 10.2. The van der Waals surface area contributed by atoms with Crippen LogP contribution in [-0.4, -0.2) is 48.7 Å². The molecule has 4 heteroatoms. The van der Waals surface area contributed by atoms with Gasteiger partial charge in [0.25, 0.3) is 0 Å². The number of aromatic nitrogens is 1. The number of para-hydroxylation sites is 1. The molecule has 108 valence electrons. The highest BCUT2D eigenvalue weighted by Gasteiger charge is 2.19. The first-order valence-electron chi connectivity index (χ1n) is 7.51. The van der Waals surface area contributed by atoms with Crippen LogP contribution in [0.5, 0.6) is 0 Å². The molecule has 2 N–H and O–H groups in total. The number of hydrogen-bond acceptors (Lipinski definition) is 3. The molecule has 0 spiro atoms. The van der Waals surface area contributed by atoms with Gasteiger partial charge in [0.15, 0.2) is 0 Å². The smallest absolute Gasteiger partial charge is 0.0626 e.